The van der Waals surface area contributed by atoms with E-state index in [1.165, 1.54) is 0 Å². The van der Waals surface area contributed by atoms with Gasteiger partial charge in [0.15, 0.2) is 0 Å². The molecule has 0 fully saturated rings. The standard InChI is InChI=1S/C10H24NOP/c1-7(2)9(8(3)4)10(5,6)12-13-11/h7-9,13H,11H2,1-6H3. The third-order valence-corrected chi connectivity index (χ3v) is 3.21. The molecule has 13 heavy (non-hydrogen) atoms. The second-order valence-corrected chi connectivity index (χ2v) is 5.28. The smallest absolute Gasteiger partial charge is 0.0841 e. The van der Waals surface area contributed by atoms with Crippen molar-refractivity contribution in [2.75, 3.05) is 0 Å². The molecular weight excluding hydrogens is 181 g/mol. The summed E-state index contributed by atoms with van der Waals surface area (Å²) in [6.07, 6.45) is 0. The summed E-state index contributed by atoms with van der Waals surface area (Å²) >= 11 is 0. The van der Waals surface area contributed by atoms with Gasteiger partial charge in [0.25, 0.3) is 0 Å². The highest BCUT2D eigenvalue weighted by Gasteiger charge is 2.34. The lowest BCUT2D eigenvalue weighted by molar-refractivity contribution is 0.00941. The SMILES string of the molecule is CC(C)C(C(C)C)C(C)(C)OPN. The van der Waals surface area contributed by atoms with Crippen LogP contribution in [0.5, 0.6) is 0 Å². The van der Waals surface area contributed by atoms with E-state index in [4.69, 9.17) is 10.0 Å². The maximum atomic E-state index is 5.62. The van der Waals surface area contributed by atoms with E-state index in [0.29, 0.717) is 17.8 Å². The highest BCUT2D eigenvalue weighted by molar-refractivity contribution is 7.29. The average Bonchev–Trinajstić information content (AvgIpc) is 1.82. The van der Waals surface area contributed by atoms with Crippen molar-refractivity contribution in [2.24, 2.45) is 23.3 Å². The van der Waals surface area contributed by atoms with Crippen LogP contribution in [0.4, 0.5) is 0 Å². The normalized spacial score (nSPS) is 14.3. The van der Waals surface area contributed by atoms with E-state index in [-0.39, 0.29) is 14.6 Å². The molecule has 0 aromatic heterocycles. The van der Waals surface area contributed by atoms with Gasteiger partial charge in [0.1, 0.15) is 0 Å². The van der Waals surface area contributed by atoms with Crippen LogP contribution in [0.25, 0.3) is 0 Å². The second-order valence-electron chi connectivity index (χ2n) is 4.84. The van der Waals surface area contributed by atoms with E-state index in [0.717, 1.165) is 0 Å². The van der Waals surface area contributed by atoms with Crippen LogP contribution in [0, 0.1) is 17.8 Å². The summed E-state index contributed by atoms with van der Waals surface area (Å²) in [5.74, 6) is 1.82. The van der Waals surface area contributed by atoms with Crippen LogP contribution in [0.1, 0.15) is 41.5 Å². The van der Waals surface area contributed by atoms with Crippen LogP contribution in [-0.4, -0.2) is 5.60 Å². The maximum absolute atomic E-state index is 5.62. The molecule has 0 aliphatic heterocycles. The minimum Gasteiger partial charge on any atom is -0.341 e. The fourth-order valence-corrected chi connectivity index (χ4v) is 3.04. The van der Waals surface area contributed by atoms with Gasteiger partial charge in [-0.3, -0.25) is 5.50 Å². The van der Waals surface area contributed by atoms with Crippen molar-refractivity contribution >= 4 is 8.96 Å². The zero-order valence-electron chi connectivity index (χ0n) is 9.72. The lowest BCUT2D eigenvalue weighted by Gasteiger charge is -2.39. The average molecular weight is 205 g/mol. The van der Waals surface area contributed by atoms with Crippen molar-refractivity contribution in [1.29, 1.82) is 0 Å². The van der Waals surface area contributed by atoms with Crippen LogP contribution >= 0.6 is 8.96 Å². The number of hydrogen-bond acceptors (Lipinski definition) is 2. The summed E-state index contributed by atoms with van der Waals surface area (Å²) in [7, 11) is 0.0874. The molecule has 0 spiro atoms. The molecule has 1 atom stereocenters. The molecule has 0 radical (unpaired) electrons. The first-order chi connectivity index (χ1) is 5.83. The van der Waals surface area contributed by atoms with Crippen molar-refractivity contribution in [3.8, 4) is 0 Å². The van der Waals surface area contributed by atoms with Gasteiger partial charge in [-0.2, -0.15) is 0 Å². The van der Waals surface area contributed by atoms with Crippen LogP contribution in [0.2, 0.25) is 0 Å². The van der Waals surface area contributed by atoms with Crippen LogP contribution in [0.15, 0.2) is 0 Å². The van der Waals surface area contributed by atoms with Gasteiger partial charge in [-0.05, 0) is 31.6 Å². The van der Waals surface area contributed by atoms with Crippen molar-refractivity contribution in [2.45, 2.75) is 47.1 Å². The first-order valence-corrected chi connectivity index (χ1v) is 5.95. The lowest BCUT2D eigenvalue weighted by Crippen LogP contribution is -2.39. The van der Waals surface area contributed by atoms with Crippen molar-refractivity contribution < 1.29 is 4.52 Å². The minimum atomic E-state index is -0.102. The Morgan fingerprint density at radius 3 is 1.69 bits per heavy atom. The predicted molar refractivity (Wildman–Crippen MR) is 60.8 cm³/mol. The molecule has 0 amide bonds. The van der Waals surface area contributed by atoms with E-state index in [9.17, 15) is 0 Å². The molecule has 0 saturated carbocycles. The predicted octanol–water partition coefficient (Wildman–Crippen LogP) is 3.18. The Bertz CT molecular complexity index is 138. The third-order valence-electron chi connectivity index (χ3n) is 2.56. The molecule has 0 aromatic rings. The molecule has 1 unspecified atom stereocenters. The maximum Gasteiger partial charge on any atom is 0.0841 e. The molecule has 2 N–H and O–H groups in total. The third kappa shape index (κ3) is 3.93. The Kier molecular flexibility index (Phi) is 5.43. The van der Waals surface area contributed by atoms with Gasteiger partial charge in [-0.25, -0.2) is 0 Å². The molecule has 0 aliphatic rings. The Morgan fingerprint density at radius 2 is 1.46 bits per heavy atom. The number of hydrogen-bond donors (Lipinski definition) is 1. The van der Waals surface area contributed by atoms with Gasteiger partial charge in [0, 0.05) is 0 Å². The molecule has 0 rings (SSSR count). The molecular formula is C10H24NOP. The van der Waals surface area contributed by atoms with E-state index in [1.54, 1.807) is 0 Å². The van der Waals surface area contributed by atoms with Gasteiger partial charge in [-0.15, -0.1) is 0 Å². The molecule has 0 bridgehead atoms. The second kappa shape index (κ2) is 5.29. The summed E-state index contributed by atoms with van der Waals surface area (Å²) < 4.78 is 5.62. The molecule has 80 valence electrons. The summed E-state index contributed by atoms with van der Waals surface area (Å²) in [6, 6.07) is 0. The quantitative estimate of drug-likeness (QED) is 0.700. The zero-order chi connectivity index (χ0) is 10.6. The van der Waals surface area contributed by atoms with E-state index >= 15 is 0 Å². The Labute approximate surface area is 84.5 Å². The van der Waals surface area contributed by atoms with Crippen LogP contribution in [-0.2, 0) is 4.52 Å². The highest BCUT2D eigenvalue weighted by Crippen LogP contribution is 2.36. The zero-order valence-corrected chi connectivity index (χ0v) is 10.7. The van der Waals surface area contributed by atoms with Gasteiger partial charge < -0.3 is 4.52 Å². The van der Waals surface area contributed by atoms with Crippen molar-refractivity contribution in [3.63, 3.8) is 0 Å². The molecule has 0 aliphatic carbocycles. The van der Waals surface area contributed by atoms with Gasteiger partial charge >= 0.3 is 0 Å². The van der Waals surface area contributed by atoms with Gasteiger partial charge in [-0.1, -0.05) is 27.7 Å². The van der Waals surface area contributed by atoms with Gasteiger partial charge in [0.2, 0.25) is 0 Å². The monoisotopic (exact) mass is 205 g/mol. The summed E-state index contributed by atoms with van der Waals surface area (Å²) in [6.45, 7) is 13.3. The first kappa shape index (κ1) is 13.4. The van der Waals surface area contributed by atoms with Gasteiger partial charge in [0.05, 0.1) is 14.6 Å². The number of rotatable bonds is 5. The van der Waals surface area contributed by atoms with E-state index in [2.05, 4.69) is 41.5 Å². The topological polar surface area (TPSA) is 35.2 Å². The molecule has 2 nitrogen and oxygen atoms in total. The molecule has 3 heteroatoms. The minimum absolute atomic E-state index is 0.0874. The van der Waals surface area contributed by atoms with E-state index in [1.807, 2.05) is 0 Å². The molecule has 0 heterocycles. The van der Waals surface area contributed by atoms with Crippen LogP contribution < -0.4 is 5.50 Å². The Balaban J connectivity index is 4.52. The lowest BCUT2D eigenvalue weighted by atomic mass is 9.75. The molecule has 0 aromatic carbocycles. The summed E-state index contributed by atoms with van der Waals surface area (Å²) in [5.41, 5.74) is 5.36. The summed E-state index contributed by atoms with van der Waals surface area (Å²) in [5, 5.41) is 0. The fourth-order valence-electron chi connectivity index (χ4n) is 2.60. The highest BCUT2D eigenvalue weighted by atomic mass is 31.1. The van der Waals surface area contributed by atoms with Crippen LogP contribution in [0.3, 0.4) is 0 Å². The van der Waals surface area contributed by atoms with Crippen molar-refractivity contribution in [1.82, 2.24) is 0 Å². The Hall–Kier alpha value is 0.350. The van der Waals surface area contributed by atoms with E-state index < -0.39 is 0 Å². The first-order valence-electron chi connectivity index (χ1n) is 4.96. The Morgan fingerprint density at radius 1 is 1.08 bits per heavy atom. The molecule has 0 saturated heterocycles. The number of nitrogens with two attached hydrogens (primary N) is 1. The summed E-state index contributed by atoms with van der Waals surface area (Å²) in [4.78, 5) is 0. The largest absolute Gasteiger partial charge is 0.341 e. The van der Waals surface area contributed by atoms with Crippen molar-refractivity contribution in [3.05, 3.63) is 0 Å². The fraction of sp³-hybridized carbons (Fsp3) is 1.00.